The summed E-state index contributed by atoms with van der Waals surface area (Å²) in [7, 11) is 0. The Kier molecular flexibility index (Phi) is 6.94. The minimum Gasteiger partial charge on any atom is -0.449 e. The molecule has 2 aromatic carbocycles. The number of carbonyl (C=O) groups excluding carboxylic acids is 2. The number of benzene rings is 2. The first-order chi connectivity index (χ1) is 12.4. The maximum absolute atomic E-state index is 13.0. The molecule has 8 heteroatoms. The summed E-state index contributed by atoms with van der Waals surface area (Å²) in [6, 6.07) is 10.1. The smallest absolute Gasteiger partial charge is 0.341 e. The summed E-state index contributed by atoms with van der Waals surface area (Å²) < 4.78 is 18.2. The normalized spacial score (nSPS) is 11.5. The zero-order chi connectivity index (χ0) is 19.1. The number of amides is 1. The predicted molar refractivity (Wildman–Crippen MR) is 96.9 cm³/mol. The predicted octanol–water partition coefficient (Wildman–Crippen LogP) is 3.07. The molecular formula is C18H18ClFN2O4. The molecule has 0 fully saturated rings. The number of aliphatic hydroxyl groups excluding tert-OH is 1. The molecule has 2 aromatic rings. The first-order valence-electron chi connectivity index (χ1n) is 7.83. The highest BCUT2D eigenvalue weighted by molar-refractivity contribution is 6.33. The zero-order valence-corrected chi connectivity index (χ0v) is 14.7. The van der Waals surface area contributed by atoms with Crippen LogP contribution in [0.5, 0.6) is 0 Å². The summed E-state index contributed by atoms with van der Waals surface area (Å²) in [5.74, 6) is -1.83. The van der Waals surface area contributed by atoms with Gasteiger partial charge < -0.3 is 20.5 Å². The van der Waals surface area contributed by atoms with Crippen molar-refractivity contribution >= 4 is 34.9 Å². The molecule has 0 saturated heterocycles. The van der Waals surface area contributed by atoms with E-state index < -0.39 is 23.8 Å². The first kappa shape index (κ1) is 19.7. The van der Waals surface area contributed by atoms with E-state index >= 15 is 0 Å². The Balaban J connectivity index is 2.03. The lowest BCUT2D eigenvalue weighted by Crippen LogP contribution is -2.30. The van der Waals surface area contributed by atoms with Crippen molar-refractivity contribution in [2.75, 3.05) is 23.8 Å². The quantitative estimate of drug-likeness (QED) is 0.642. The van der Waals surface area contributed by atoms with Crippen LogP contribution < -0.4 is 10.6 Å². The molecule has 0 aliphatic carbocycles. The van der Waals surface area contributed by atoms with E-state index in [1.54, 1.807) is 24.3 Å². The summed E-state index contributed by atoms with van der Waals surface area (Å²) in [4.78, 5) is 24.5. The van der Waals surface area contributed by atoms with E-state index in [0.717, 1.165) is 12.1 Å². The number of esters is 1. The summed E-state index contributed by atoms with van der Waals surface area (Å²) in [6.07, 6.45) is -1.10. The zero-order valence-electron chi connectivity index (χ0n) is 14.0. The number of carbonyl (C=O) groups is 2. The average Bonchev–Trinajstić information content (AvgIpc) is 2.62. The highest BCUT2D eigenvalue weighted by Crippen LogP contribution is 2.23. The van der Waals surface area contributed by atoms with Gasteiger partial charge in [0.1, 0.15) is 5.82 Å². The number of hydrogen-bond acceptors (Lipinski definition) is 5. The number of ether oxygens (including phenoxy) is 1. The molecular weight excluding hydrogens is 363 g/mol. The standard InChI is InChI=1S/C18H18ClFN2O4/c1-11(17(24)22-16-7-6-12(20)10-14(16)19)26-18(25)13-4-2-3-5-15(13)21-8-9-23/h2-7,10-11,21,23H,8-9H2,1H3,(H,22,24)/t11-/m1/s1. The molecule has 138 valence electrons. The van der Waals surface area contributed by atoms with Crippen molar-refractivity contribution in [2.24, 2.45) is 0 Å². The average molecular weight is 381 g/mol. The van der Waals surface area contributed by atoms with E-state index in [2.05, 4.69) is 10.6 Å². The van der Waals surface area contributed by atoms with Crippen molar-refractivity contribution in [1.82, 2.24) is 0 Å². The van der Waals surface area contributed by atoms with E-state index in [1.165, 1.54) is 13.0 Å². The van der Waals surface area contributed by atoms with E-state index in [1.807, 2.05) is 0 Å². The van der Waals surface area contributed by atoms with Crippen LogP contribution in [0.2, 0.25) is 5.02 Å². The SMILES string of the molecule is C[C@@H](OC(=O)c1ccccc1NCCO)C(=O)Nc1ccc(F)cc1Cl. The number of anilines is 2. The summed E-state index contributed by atoms with van der Waals surface area (Å²) >= 11 is 5.86. The largest absolute Gasteiger partial charge is 0.449 e. The van der Waals surface area contributed by atoms with Crippen molar-refractivity contribution in [3.8, 4) is 0 Å². The number of halogens is 2. The fourth-order valence-electron chi connectivity index (χ4n) is 2.11. The van der Waals surface area contributed by atoms with Gasteiger partial charge in [-0.1, -0.05) is 23.7 Å². The van der Waals surface area contributed by atoms with Crippen molar-refractivity contribution in [1.29, 1.82) is 0 Å². The molecule has 0 aliphatic rings. The molecule has 0 saturated carbocycles. The summed E-state index contributed by atoms with van der Waals surface area (Å²) in [5, 5.41) is 14.3. The third-order valence-electron chi connectivity index (χ3n) is 3.42. The highest BCUT2D eigenvalue weighted by Gasteiger charge is 2.21. The van der Waals surface area contributed by atoms with Crippen LogP contribution in [-0.2, 0) is 9.53 Å². The van der Waals surface area contributed by atoms with Gasteiger partial charge in [-0.25, -0.2) is 9.18 Å². The van der Waals surface area contributed by atoms with E-state index in [4.69, 9.17) is 21.4 Å². The van der Waals surface area contributed by atoms with Crippen LogP contribution in [0.4, 0.5) is 15.8 Å². The Morgan fingerprint density at radius 1 is 1.23 bits per heavy atom. The molecule has 26 heavy (non-hydrogen) atoms. The van der Waals surface area contributed by atoms with Crippen molar-refractivity contribution in [2.45, 2.75) is 13.0 Å². The second-order valence-electron chi connectivity index (χ2n) is 5.36. The molecule has 1 atom stereocenters. The second-order valence-corrected chi connectivity index (χ2v) is 5.76. The maximum atomic E-state index is 13.0. The Labute approximate surface area is 154 Å². The van der Waals surface area contributed by atoms with Crippen LogP contribution in [0.1, 0.15) is 17.3 Å². The van der Waals surface area contributed by atoms with Gasteiger partial charge in [0.2, 0.25) is 0 Å². The molecule has 2 rings (SSSR count). The minimum absolute atomic E-state index is 0.0374. The number of nitrogens with one attached hydrogen (secondary N) is 2. The van der Waals surface area contributed by atoms with Gasteiger partial charge in [0.15, 0.2) is 6.10 Å². The third-order valence-corrected chi connectivity index (χ3v) is 3.73. The summed E-state index contributed by atoms with van der Waals surface area (Å²) in [5.41, 5.74) is 0.937. The van der Waals surface area contributed by atoms with Gasteiger partial charge in [-0.3, -0.25) is 4.79 Å². The van der Waals surface area contributed by atoms with Crippen LogP contribution in [0.15, 0.2) is 42.5 Å². The molecule has 0 unspecified atom stereocenters. The van der Waals surface area contributed by atoms with E-state index in [9.17, 15) is 14.0 Å². The second kappa shape index (κ2) is 9.17. The highest BCUT2D eigenvalue weighted by atomic mass is 35.5. The van der Waals surface area contributed by atoms with Gasteiger partial charge in [0, 0.05) is 12.2 Å². The van der Waals surface area contributed by atoms with Gasteiger partial charge in [-0.2, -0.15) is 0 Å². The Bertz CT molecular complexity index is 801. The molecule has 0 spiro atoms. The topological polar surface area (TPSA) is 87.7 Å². The summed E-state index contributed by atoms with van der Waals surface area (Å²) in [6.45, 7) is 1.58. The molecule has 0 radical (unpaired) electrons. The number of rotatable bonds is 7. The number of hydrogen-bond donors (Lipinski definition) is 3. The van der Waals surface area contributed by atoms with Crippen molar-refractivity contribution in [3.63, 3.8) is 0 Å². The molecule has 1 amide bonds. The van der Waals surface area contributed by atoms with Gasteiger partial charge in [0.25, 0.3) is 5.91 Å². The minimum atomic E-state index is -1.10. The fraction of sp³-hybridized carbons (Fsp3) is 0.222. The van der Waals surface area contributed by atoms with Crippen LogP contribution >= 0.6 is 11.6 Å². The first-order valence-corrected chi connectivity index (χ1v) is 8.21. The molecule has 0 heterocycles. The van der Waals surface area contributed by atoms with E-state index in [0.29, 0.717) is 5.69 Å². The monoisotopic (exact) mass is 380 g/mol. The lowest BCUT2D eigenvalue weighted by atomic mass is 10.1. The molecule has 0 aromatic heterocycles. The molecule has 0 bridgehead atoms. The lowest BCUT2D eigenvalue weighted by molar-refractivity contribution is -0.123. The van der Waals surface area contributed by atoms with Crippen molar-refractivity contribution in [3.05, 3.63) is 58.9 Å². The van der Waals surface area contributed by atoms with Gasteiger partial charge in [0.05, 0.1) is 22.9 Å². The Morgan fingerprint density at radius 2 is 1.96 bits per heavy atom. The molecule has 6 nitrogen and oxygen atoms in total. The Morgan fingerprint density at radius 3 is 2.65 bits per heavy atom. The number of aliphatic hydroxyl groups is 1. The fourth-order valence-corrected chi connectivity index (χ4v) is 2.32. The molecule has 3 N–H and O–H groups in total. The third kappa shape index (κ3) is 5.18. The van der Waals surface area contributed by atoms with Crippen LogP contribution in [-0.4, -0.2) is 36.2 Å². The van der Waals surface area contributed by atoms with Crippen molar-refractivity contribution < 1.29 is 23.8 Å². The van der Waals surface area contributed by atoms with Gasteiger partial charge in [-0.05, 0) is 37.3 Å². The van der Waals surface area contributed by atoms with Crippen LogP contribution in [0, 0.1) is 5.82 Å². The van der Waals surface area contributed by atoms with Gasteiger partial charge >= 0.3 is 5.97 Å². The molecule has 0 aliphatic heterocycles. The van der Waals surface area contributed by atoms with Gasteiger partial charge in [-0.15, -0.1) is 0 Å². The lowest BCUT2D eigenvalue weighted by Gasteiger charge is -2.16. The Hall–Kier alpha value is -2.64. The maximum Gasteiger partial charge on any atom is 0.341 e. The van der Waals surface area contributed by atoms with Crippen LogP contribution in [0.3, 0.4) is 0 Å². The number of para-hydroxylation sites is 1. The van der Waals surface area contributed by atoms with Crippen LogP contribution in [0.25, 0.3) is 0 Å². The van der Waals surface area contributed by atoms with E-state index in [-0.39, 0.29) is 29.4 Å².